The Morgan fingerprint density at radius 1 is 1.40 bits per heavy atom. The lowest BCUT2D eigenvalue weighted by atomic mass is 9.93. The lowest BCUT2D eigenvalue weighted by molar-refractivity contribution is 0.0544. The summed E-state index contributed by atoms with van der Waals surface area (Å²) in [4.78, 5) is 2.21. The third kappa shape index (κ3) is 2.21. The second-order valence-corrected chi connectivity index (χ2v) is 4.49. The average Bonchev–Trinajstić information content (AvgIpc) is 2.17. The Morgan fingerprint density at radius 2 is 2.20 bits per heavy atom. The molecule has 0 fully saturated rings. The number of hydrogen-bond donors (Lipinski definition) is 0. The molecule has 2 heteroatoms. The summed E-state index contributed by atoms with van der Waals surface area (Å²) in [5, 5.41) is 0. The molecule has 1 heterocycles. The fourth-order valence-electron chi connectivity index (χ4n) is 2.31. The fraction of sp³-hybridized carbons (Fsp3) is 0.538. The first kappa shape index (κ1) is 10.7. The third-order valence-electron chi connectivity index (χ3n) is 2.92. The van der Waals surface area contributed by atoms with Crippen LogP contribution in [0.1, 0.15) is 29.7 Å². The Kier molecular flexibility index (Phi) is 3.08. The van der Waals surface area contributed by atoms with Crippen LogP contribution in [0.15, 0.2) is 18.2 Å². The van der Waals surface area contributed by atoms with Crippen molar-refractivity contribution in [3.63, 3.8) is 0 Å². The van der Waals surface area contributed by atoms with Crippen LogP contribution in [-0.4, -0.2) is 25.6 Å². The minimum Gasteiger partial charge on any atom is -0.373 e. The normalized spacial score (nSPS) is 20.4. The first-order chi connectivity index (χ1) is 7.18. The molecule has 1 aromatic rings. The van der Waals surface area contributed by atoms with E-state index in [1.54, 1.807) is 0 Å². The molecule has 82 valence electrons. The van der Waals surface area contributed by atoms with Crippen molar-refractivity contribution in [1.82, 2.24) is 4.90 Å². The van der Waals surface area contributed by atoms with Crippen LogP contribution in [0, 0.1) is 0 Å². The number of nitrogens with zero attached hydrogens (tertiary/aromatic N) is 1. The van der Waals surface area contributed by atoms with Crippen molar-refractivity contribution < 1.29 is 4.74 Å². The molecule has 0 saturated carbocycles. The van der Waals surface area contributed by atoms with Gasteiger partial charge in [0.1, 0.15) is 0 Å². The maximum absolute atomic E-state index is 5.71. The molecule has 1 aliphatic heterocycles. The molecule has 1 aliphatic rings. The standard InChI is InChI=1S/C13H19NO/c1-10-13-11(7-8-15-10)5-4-6-12(13)9-14(2)3/h4-6,10H,7-9H2,1-3H3. The zero-order valence-corrected chi connectivity index (χ0v) is 9.79. The second-order valence-electron chi connectivity index (χ2n) is 4.49. The van der Waals surface area contributed by atoms with E-state index in [1.165, 1.54) is 16.7 Å². The van der Waals surface area contributed by atoms with Gasteiger partial charge in [0.25, 0.3) is 0 Å². The van der Waals surface area contributed by atoms with Gasteiger partial charge in [-0.1, -0.05) is 18.2 Å². The molecule has 1 atom stereocenters. The second kappa shape index (κ2) is 4.33. The molecule has 0 N–H and O–H groups in total. The van der Waals surface area contributed by atoms with Gasteiger partial charge in [0.05, 0.1) is 12.7 Å². The zero-order chi connectivity index (χ0) is 10.8. The van der Waals surface area contributed by atoms with Gasteiger partial charge >= 0.3 is 0 Å². The SMILES string of the molecule is CC1OCCc2cccc(CN(C)C)c21. The number of benzene rings is 1. The average molecular weight is 205 g/mol. The van der Waals surface area contributed by atoms with Gasteiger partial charge in [-0.3, -0.25) is 0 Å². The molecule has 0 radical (unpaired) electrons. The van der Waals surface area contributed by atoms with Gasteiger partial charge in [-0.25, -0.2) is 0 Å². The van der Waals surface area contributed by atoms with Crippen molar-refractivity contribution in [3.8, 4) is 0 Å². The van der Waals surface area contributed by atoms with Crippen LogP contribution >= 0.6 is 0 Å². The van der Waals surface area contributed by atoms with E-state index >= 15 is 0 Å². The minimum absolute atomic E-state index is 0.255. The van der Waals surface area contributed by atoms with Crippen LogP contribution in [0.4, 0.5) is 0 Å². The van der Waals surface area contributed by atoms with E-state index in [-0.39, 0.29) is 6.10 Å². The maximum atomic E-state index is 5.71. The third-order valence-corrected chi connectivity index (χ3v) is 2.92. The molecule has 0 spiro atoms. The molecule has 0 amide bonds. The van der Waals surface area contributed by atoms with Crippen LogP contribution in [0.25, 0.3) is 0 Å². The van der Waals surface area contributed by atoms with Gasteiger partial charge in [-0.2, -0.15) is 0 Å². The summed E-state index contributed by atoms with van der Waals surface area (Å²) in [6.45, 7) is 4.01. The summed E-state index contributed by atoms with van der Waals surface area (Å²) >= 11 is 0. The molecule has 0 aliphatic carbocycles. The molecule has 15 heavy (non-hydrogen) atoms. The summed E-state index contributed by atoms with van der Waals surface area (Å²) in [5.74, 6) is 0. The molecular formula is C13H19NO. The van der Waals surface area contributed by atoms with Crippen LogP contribution in [-0.2, 0) is 17.7 Å². The summed E-state index contributed by atoms with van der Waals surface area (Å²) in [5.41, 5.74) is 4.29. The molecular weight excluding hydrogens is 186 g/mol. The van der Waals surface area contributed by atoms with Crippen LogP contribution in [0.2, 0.25) is 0 Å². The van der Waals surface area contributed by atoms with Crippen molar-refractivity contribution in [1.29, 1.82) is 0 Å². The predicted octanol–water partition coefficient (Wildman–Crippen LogP) is 2.38. The molecule has 0 saturated heterocycles. The Morgan fingerprint density at radius 3 is 2.93 bits per heavy atom. The Labute approximate surface area is 91.9 Å². The molecule has 1 unspecified atom stereocenters. The highest BCUT2D eigenvalue weighted by Crippen LogP contribution is 2.30. The number of rotatable bonds is 2. The fourth-order valence-corrected chi connectivity index (χ4v) is 2.31. The summed E-state index contributed by atoms with van der Waals surface area (Å²) in [6, 6.07) is 6.60. The van der Waals surface area contributed by atoms with E-state index in [0.29, 0.717) is 0 Å². The van der Waals surface area contributed by atoms with Gasteiger partial charge in [0.2, 0.25) is 0 Å². The molecule has 1 aromatic carbocycles. The lowest BCUT2D eigenvalue weighted by Crippen LogP contribution is -2.19. The van der Waals surface area contributed by atoms with Gasteiger partial charge in [0, 0.05) is 6.54 Å². The van der Waals surface area contributed by atoms with E-state index < -0.39 is 0 Å². The largest absolute Gasteiger partial charge is 0.373 e. The first-order valence-electron chi connectivity index (χ1n) is 5.55. The van der Waals surface area contributed by atoms with E-state index in [9.17, 15) is 0 Å². The van der Waals surface area contributed by atoms with Crippen LogP contribution in [0.5, 0.6) is 0 Å². The van der Waals surface area contributed by atoms with Crippen molar-refractivity contribution in [2.45, 2.75) is 26.0 Å². The van der Waals surface area contributed by atoms with Gasteiger partial charge in [-0.15, -0.1) is 0 Å². The van der Waals surface area contributed by atoms with Gasteiger partial charge < -0.3 is 9.64 Å². The van der Waals surface area contributed by atoms with Crippen LogP contribution < -0.4 is 0 Å². The van der Waals surface area contributed by atoms with E-state index in [1.807, 2.05) is 0 Å². The lowest BCUT2D eigenvalue weighted by Gasteiger charge is -2.26. The number of fused-ring (bicyclic) bond motifs is 1. The zero-order valence-electron chi connectivity index (χ0n) is 9.79. The van der Waals surface area contributed by atoms with Crippen molar-refractivity contribution in [2.75, 3.05) is 20.7 Å². The van der Waals surface area contributed by atoms with Crippen LogP contribution in [0.3, 0.4) is 0 Å². The number of ether oxygens (including phenoxy) is 1. The number of hydrogen-bond acceptors (Lipinski definition) is 2. The summed E-state index contributed by atoms with van der Waals surface area (Å²) in [7, 11) is 4.21. The van der Waals surface area contributed by atoms with E-state index in [0.717, 1.165) is 19.6 Å². The highest BCUT2D eigenvalue weighted by Gasteiger charge is 2.19. The maximum Gasteiger partial charge on any atom is 0.0802 e. The van der Waals surface area contributed by atoms with Gasteiger partial charge in [0.15, 0.2) is 0 Å². The Bertz CT molecular complexity index is 346. The monoisotopic (exact) mass is 205 g/mol. The topological polar surface area (TPSA) is 12.5 Å². The summed E-state index contributed by atoms with van der Waals surface area (Å²) < 4.78 is 5.71. The molecule has 0 aromatic heterocycles. The highest BCUT2D eigenvalue weighted by atomic mass is 16.5. The summed E-state index contributed by atoms with van der Waals surface area (Å²) in [6.07, 6.45) is 1.31. The molecule has 2 rings (SSSR count). The van der Waals surface area contributed by atoms with Crippen molar-refractivity contribution in [2.24, 2.45) is 0 Å². The molecule has 2 nitrogen and oxygen atoms in total. The van der Waals surface area contributed by atoms with Gasteiger partial charge in [-0.05, 0) is 44.1 Å². The first-order valence-corrected chi connectivity index (χ1v) is 5.55. The van der Waals surface area contributed by atoms with E-state index in [4.69, 9.17) is 4.74 Å². The van der Waals surface area contributed by atoms with Crippen molar-refractivity contribution >= 4 is 0 Å². The highest BCUT2D eigenvalue weighted by molar-refractivity contribution is 5.38. The van der Waals surface area contributed by atoms with Crippen molar-refractivity contribution in [3.05, 3.63) is 34.9 Å². The minimum atomic E-state index is 0.255. The Hall–Kier alpha value is -0.860. The smallest absolute Gasteiger partial charge is 0.0802 e. The Balaban J connectivity index is 2.38. The predicted molar refractivity (Wildman–Crippen MR) is 61.9 cm³/mol. The van der Waals surface area contributed by atoms with E-state index in [2.05, 4.69) is 44.1 Å². The molecule has 0 bridgehead atoms. The quantitative estimate of drug-likeness (QED) is 0.735.